The van der Waals surface area contributed by atoms with Crippen molar-refractivity contribution in [2.45, 2.75) is 26.5 Å². The zero-order valence-electron chi connectivity index (χ0n) is 11.3. The van der Waals surface area contributed by atoms with Gasteiger partial charge in [-0.25, -0.2) is 0 Å². The number of hydrogen-bond acceptors (Lipinski definition) is 5. The number of aryl methyl sites for hydroxylation is 1. The van der Waals surface area contributed by atoms with Crippen molar-refractivity contribution in [3.63, 3.8) is 0 Å². The Kier molecular flexibility index (Phi) is 3.51. The molecule has 0 atom stereocenters. The van der Waals surface area contributed by atoms with Gasteiger partial charge in [-0.1, -0.05) is 5.16 Å². The van der Waals surface area contributed by atoms with Crippen LogP contribution < -0.4 is 5.32 Å². The van der Waals surface area contributed by atoms with Crippen molar-refractivity contribution >= 4 is 5.91 Å². The summed E-state index contributed by atoms with van der Waals surface area (Å²) in [7, 11) is 0. The van der Waals surface area contributed by atoms with E-state index in [-0.39, 0.29) is 5.91 Å². The Balaban J connectivity index is 1.55. The fraction of sp³-hybridized carbons (Fsp3) is 0.462. The van der Waals surface area contributed by atoms with Gasteiger partial charge >= 0.3 is 0 Å². The maximum absolute atomic E-state index is 11.8. The molecule has 2 aromatic heterocycles. The Bertz CT molecular complexity index is 617. The number of fused-ring (bicyclic) bond motifs is 1. The van der Waals surface area contributed by atoms with Crippen LogP contribution >= 0.6 is 0 Å². The fourth-order valence-electron chi connectivity index (χ4n) is 2.24. The van der Waals surface area contributed by atoms with Gasteiger partial charge in [0.25, 0.3) is 5.91 Å². The van der Waals surface area contributed by atoms with Gasteiger partial charge in [0.2, 0.25) is 0 Å². The van der Waals surface area contributed by atoms with Gasteiger partial charge in [0.15, 0.2) is 5.69 Å². The van der Waals surface area contributed by atoms with Gasteiger partial charge in [-0.05, 0) is 6.92 Å². The largest absolute Gasteiger partial charge is 0.376 e. The van der Waals surface area contributed by atoms with Gasteiger partial charge in [-0.15, -0.1) is 0 Å². The van der Waals surface area contributed by atoms with Crippen molar-refractivity contribution in [2.24, 2.45) is 0 Å². The maximum Gasteiger partial charge on any atom is 0.273 e. The molecule has 3 heterocycles. The summed E-state index contributed by atoms with van der Waals surface area (Å²) in [5.41, 5.74) is 2.64. The third-order valence-corrected chi connectivity index (χ3v) is 3.25. The monoisotopic (exact) mass is 276 g/mol. The van der Waals surface area contributed by atoms with Gasteiger partial charge in [-0.3, -0.25) is 9.48 Å². The van der Waals surface area contributed by atoms with E-state index in [0.717, 1.165) is 18.6 Å². The zero-order valence-corrected chi connectivity index (χ0v) is 11.3. The summed E-state index contributed by atoms with van der Waals surface area (Å²) in [6.07, 6.45) is 2.70. The molecule has 1 N–H and O–H groups in total. The third kappa shape index (κ3) is 2.57. The Morgan fingerprint density at radius 2 is 2.45 bits per heavy atom. The summed E-state index contributed by atoms with van der Waals surface area (Å²) in [6, 6.07) is 1.61. The van der Waals surface area contributed by atoms with Crippen LogP contribution in [0.5, 0.6) is 0 Å². The highest BCUT2D eigenvalue weighted by Gasteiger charge is 2.15. The molecule has 0 aromatic carbocycles. The number of carbonyl (C=O) groups is 1. The van der Waals surface area contributed by atoms with Crippen LogP contribution in [0.2, 0.25) is 0 Å². The first-order valence-corrected chi connectivity index (χ1v) is 6.57. The summed E-state index contributed by atoms with van der Waals surface area (Å²) in [5.74, 6) is 0.391. The molecular formula is C13H16N4O3. The lowest BCUT2D eigenvalue weighted by Crippen LogP contribution is -2.28. The summed E-state index contributed by atoms with van der Waals surface area (Å²) < 4.78 is 12.2. The number of amides is 1. The average Bonchev–Trinajstić information content (AvgIpc) is 3.06. The molecule has 7 nitrogen and oxygen atoms in total. The number of nitrogens with one attached hydrogen (secondary N) is 1. The van der Waals surface area contributed by atoms with Gasteiger partial charge < -0.3 is 14.6 Å². The number of aromatic nitrogens is 3. The van der Waals surface area contributed by atoms with Crippen molar-refractivity contribution in [1.29, 1.82) is 0 Å². The quantitative estimate of drug-likeness (QED) is 0.888. The summed E-state index contributed by atoms with van der Waals surface area (Å²) in [6.45, 7) is 4.24. The van der Waals surface area contributed by atoms with E-state index in [4.69, 9.17) is 9.26 Å². The molecule has 0 saturated carbocycles. The highest BCUT2D eigenvalue weighted by Crippen LogP contribution is 2.15. The molecular weight excluding hydrogens is 260 g/mol. The molecule has 0 fully saturated rings. The lowest BCUT2D eigenvalue weighted by molar-refractivity contribution is 0.0941. The Morgan fingerprint density at radius 3 is 3.25 bits per heavy atom. The highest BCUT2D eigenvalue weighted by molar-refractivity contribution is 5.92. The lowest BCUT2D eigenvalue weighted by atomic mass is 10.2. The van der Waals surface area contributed by atoms with Gasteiger partial charge in [0.05, 0.1) is 26.0 Å². The van der Waals surface area contributed by atoms with Crippen molar-refractivity contribution in [3.05, 3.63) is 35.0 Å². The van der Waals surface area contributed by atoms with E-state index in [2.05, 4.69) is 15.6 Å². The van der Waals surface area contributed by atoms with Crippen LogP contribution in [-0.2, 0) is 24.3 Å². The summed E-state index contributed by atoms with van der Waals surface area (Å²) in [5, 5.41) is 10.8. The second-order valence-electron chi connectivity index (χ2n) is 4.72. The van der Waals surface area contributed by atoms with Crippen LogP contribution in [0, 0.1) is 6.92 Å². The minimum Gasteiger partial charge on any atom is -0.376 e. The molecule has 0 bridgehead atoms. The van der Waals surface area contributed by atoms with Crippen LogP contribution in [0.25, 0.3) is 0 Å². The third-order valence-electron chi connectivity index (χ3n) is 3.25. The van der Waals surface area contributed by atoms with E-state index in [1.165, 1.54) is 5.69 Å². The lowest BCUT2D eigenvalue weighted by Gasteiger charge is -2.14. The molecule has 7 heteroatoms. The van der Waals surface area contributed by atoms with Crippen LogP contribution in [0.15, 0.2) is 16.8 Å². The minimum atomic E-state index is -0.230. The number of nitrogens with zero attached hydrogens (tertiary/aromatic N) is 3. The predicted octanol–water partition coefficient (Wildman–Crippen LogP) is 0.682. The molecule has 2 aromatic rings. The molecule has 0 unspecified atom stereocenters. The van der Waals surface area contributed by atoms with Crippen molar-refractivity contribution in [2.75, 3.05) is 13.2 Å². The maximum atomic E-state index is 11.8. The molecule has 20 heavy (non-hydrogen) atoms. The Morgan fingerprint density at radius 1 is 1.55 bits per heavy atom. The SMILES string of the molecule is Cc1cc(C(=O)NCCn2ncc3c2CCOC3)no1. The second kappa shape index (κ2) is 5.46. The van der Waals surface area contributed by atoms with Crippen molar-refractivity contribution in [3.8, 4) is 0 Å². The number of rotatable bonds is 4. The van der Waals surface area contributed by atoms with E-state index in [1.54, 1.807) is 13.0 Å². The first-order chi connectivity index (χ1) is 9.74. The van der Waals surface area contributed by atoms with E-state index >= 15 is 0 Å². The molecule has 0 spiro atoms. The Labute approximate surface area is 115 Å². The Hall–Kier alpha value is -2.15. The van der Waals surface area contributed by atoms with E-state index < -0.39 is 0 Å². The van der Waals surface area contributed by atoms with Crippen molar-refractivity contribution in [1.82, 2.24) is 20.3 Å². The first-order valence-electron chi connectivity index (χ1n) is 6.57. The molecule has 1 aliphatic heterocycles. The second-order valence-corrected chi connectivity index (χ2v) is 4.72. The number of ether oxygens (including phenoxy) is 1. The van der Waals surface area contributed by atoms with E-state index in [0.29, 0.717) is 31.2 Å². The fourth-order valence-corrected chi connectivity index (χ4v) is 2.24. The normalized spacial score (nSPS) is 14.1. The molecule has 3 rings (SSSR count). The summed E-state index contributed by atoms with van der Waals surface area (Å²) >= 11 is 0. The topological polar surface area (TPSA) is 82.2 Å². The number of carbonyl (C=O) groups excluding carboxylic acids is 1. The number of hydrogen-bond donors (Lipinski definition) is 1. The highest BCUT2D eigenvalue weighted by atomic mass is 16.5. The van der Waals surface area contributed by atoms with Crippen LogP contribution in [0.4, 0.5) is 0 Å². The molecule has 0 radical (unpaired) electrons. The average molecular weight is 276 g/mol. The minimum absolute atomic E-state index is 0.230. The first kappa shape index (κ1) is 12.9. The smallest absolute Gasteiger partial charge is 0.273 e. The van der Waals surface area contributed by atoms with Crippen LogP contribution in [-0.4, -0.2) is 34.0 Å². The molecule has 0 aliphatic carbocycles. The zero-order chi connectivity index (χ0) is 13.9. The molecule has 106 valence electrons. The standard InChI is InChI=1S/C13H16N4O3/c1-9-6-11(16-20-9)13(18)14-3-4-17-12-2-5-19-8-10(12)7-15-17/h6-7H,2-5,8H2,1H3,(H,14,18). The van der Waals surface area contributed by atoms with Gasteiger partial charge in [-0.2, -0.15) is 5.10 Å². The van der Waals surface area contributed by atoms with E-state index in [9.17, 15) is 4.79 Å². The van der Waals surface area contributed by atoms with Crippen LogP contribution in [0.1, 0.15) is 27.5 Å². The van der Waals surface area contributed by atoms with Gasteiger partial charge in [0, 0.05) is 30.3 Å². The van der Waals surface area contributed by atoms with Crippen LogP contribution in [0.3, 0.4) is 0 Å². The van der Waals surface area contributed by atoms with E-state index in [1.807, 2.05) is 10.9 Å². The molecule has 1 aliphatic rings. The van der Waals surface area contributed by atoms with Crippen molar-refractivity contribution < 1.29 is 14.1 Å². The van der Waals surface area contributed by atoms with Gasteiger partial charge in [0.1, 0.15) is 5.76 Å². The predicted molar refractivity (Wildman–Crippen MR) is 69.2 cm³/mol. The molecule has 0 saturated heterocycles. The summed E-state index contributed by atoms with van der Waals surface area (Å²) in [4.78, 5) is 11.8. The molecule has 1 amide bonds.